The SMILES string of the molecule is COC(=O)C(O)[C@H](Cc1ccccc1)NC(=O)C(COCc1ccccc1)NS(C)(=O)=O. The fraction of sp³-hybridized carbons (Fsp3) is 0.364. The average Bonchev–Trinajstić information content (AvgIpc) is 2.77. The second-order valence-electron chi connectivity index (χ2n) is 7.22. The third kappa shape index (κ3) is 8.75. The largest absolute Gasteiger partial charge is 0.467 e. The summed E-state index contributed by atoms with van der Waals surface area (Å²) in [6, 6.07) is 15.8. The van der Waals surface area contributed by atoms with Crippen LogP contribution in [0, 0.1) is 0 Å². The molecule has 0 spiro atoms. The summed E-state index contributed by atoms with van der Waals surface area (Å²) in [4.78, 5) is 24.8. The molecule has 2 rings (SSSR count). The average molecular weight is 465 g/mol. The van der Waals surface area contributed by atoms with Crippen LogP contribution in [0.1, 0.15) is 11.1 Å². The number of carbonyl (C=O) groups excluding carboxylic acids is 2. The first-order valence-corrected chi connectivity index (χ1v) is 11.8. The first kappa shape index (κ1) is 25.5. The van der Waals surface area contributed by atoms with Gasteiger partial charge in [-0.2, -0.15) is 0 Å². The molecule has 174 valence electrons. The van der Waals surface area contributed by atoms with Crippen LogP contribution in [-0.4, -0.2) is 63.6 Å². The number of amides is 1. The second kappa shape index (κ2) is 12.3. The van der Waals surface area contributed by atoms with Gasteiger partial charge in [-0.25, -0.2) is 17.9 Å². The zero-order valence-corrected chi connectivity index (χ0v) is 18.7. The number of carbonyl (C=O) groups is 2. The van der Waals surface area contributed by atoms with E-state index >= 15 is 0 Å². The zero-order chi connectivity index (χ0) is 23.6. The van der Waals surface area contributed by atoms with Crippen LogP contribution in [-0.2, 0) is 42.1 Å². The van der Waals surface area contributed by atoms with Crippen LogP contribution in [0.5, 0.6) is 0 Å². The molecule has 3 N–H and O–H groups in total. The van der Waals surface area contributed by atoms with Crippen molar-refractivity contribution in [3.63, 3.8) is 0 Å². The van der Waals surface area contributed by atoms with Crippen LogP contribution in [0.2, 0.25) is 0 Å². The predicted octanol–water partition coefficient (Wildman–Crippen LogP) is 0.382. The number of methoxy groups -OCH3 is 1. The van der Waals surface area contributed by atoms with Crippen LogP contribution >= 0.6 is 0 Å². The molecule has 0 saturated heterocycles. The molecule has 0 heterocycles. The Labute approximate surface area is 187 Å². The van der Waals surface area contributed by atoms with Gasteiger partial charge in [-0.3, -0.25) is 4.79 Å². The number of hydrogen-bond donors (Lipinski definition) is 3. The maximum atomic E-state index is 12.9. The molecule has 2 aromatic carbocycles. The van der Waals surface area contributed by atoms with E-state index in [0.717, 1.165) is 24.5 Å². The summed E-state index contributed by atoms with van der Waals surface area (Å²) in [5.74, 6) is -1.66. The molecule has 0 aliphatic rings. The molecule has 0 fully saturated rings. The Morgan fingerprint density at radius 1 is 1.00 bits per heavy atom. The van der Waals surface area contributed by atoms with Crippen molar-refractivity contribution < 1.29 is 32.6 Å². The molecule has 32 heavy (non-hydrogen) atoms. The van der Waals surface area contributed by atoms with E-state index in [1.807, 2.05) is 36.4 Å². The Bertz CT molecular complexity index is 968. The van der Waals surface area contributed by atoms with Gasteiger partial charge in [0.2, 0.25) is 15.9 Å². The van der Waals surface area contributed by atoms with Gasteiger partial charge >= 0.3 is 5.97 Å². The summed E-state index contributed by atoms with van der Waals surface area (Å²) in [6.07, 6.45) is -0.595. The highest BCUT2D eigenvalue weighted by atomic mass is 32.2. The topological polar surface area (TPSA) is 131 Å². The minimum absolute atomic E-state index is 0.124. The Kier molecular flexibility index (Phi) is 9.79. The lowest BCUT2D eigenvalue weighted by atomic mass is 10.0. The lowest BCUT2D eigenvalue weighted by molar-refractivity contribution is -0.152. The normalized spacial score (nSPS) is 14.2. The molecule has 0 aliphatic carbocycles. The fourth-order valence-corrected chi connectivity index (χ4v) is 3.66. The van der Waals surface area contributed by atoms with Gasteiger partial charge in [-0.1, -0.05) is 60.7 Å². The van der Waals surface area contributed by atoms with E-state index in [1.165, 1.54) is 0 Å². The molecular formula is C22H28N2O7S. The molecular weight excluding hydrogens is 436 g/mol. The van der Waals surface area contributed by atoms with E-state index in [4.69, 9.17) is 4.74 Å². The van der Waals surface area contributed by atoms with Gasteiger partial charge in [0.1, 0.15) is 6.04 Å². The van der Waals surface area contributed by atoms with Gasteiger partial charge in [0.25, 0.3) is 0 Å². The Morgan fingerprint density at radius 2 is 1.56 bits per heavy atom. The summed E-state index contributed by atoms with van der Waals surface area (Å²) in [7, 11) is -2.62. The maximum Gasteiger partial charge on any atom is 0.336 e. The van der Waals surface area contributed by atoms with Crippen molar-refractivity contribution in [1.82, 2.24) is 10.0 Å². The highest BCUT2D eigenvalue weighted by molar-refractivity contribution is 7.88. The van der Waals surface area contributed by atoms with E-state index in [0.29, 0.717) is 0 Å². The minimum atomic E-state index is -3.74. The van der Waals surface area contributed by atoms with Crippen molar-refractivity contribution in [3.05, 3.63) is 71.8 Å². The monoisotopic (exact) mass is 464 g/mol. The Morgan fingerprint density at radius 3 is 2.09 bits per heavy atom. The molecule has 0 bridgehead atoms. The molecule has 2 unspecified atom stereocenters. The van der Waals surface area contributed by atoms with E-state index in [-0.39, 0.29) is 19.6 Å². The Hall–Kier alpha value is -2.79. The predicted molar refractivity (Wildman–Crippen MR) is 118 cm³/mol. The molecule has 9 nitrogen and oxygen atoms in total. The first-order chi connectivity index (χ1) is 15.2. The fourth-order valence-electron chi connectivity index (χ4n) is 2.97. The number of nitrogens with one attached hydrogen (secondary N) is 2. The van der Waals surface area contributed by atoms with Gasteiger partial charge in [0.15, 0.2) is 6.10 Å². The van der Waals surface area contributed by atoms with Crippen LogP contribution in [0.3, 0.4) is 0 Å². The number of sulfonamides is 1. The van der Waals surface area contributed by atoms with Gasteiger partial charge in [0.05, 0.1) is 32.6 Å². The molecule has 10 heteroatoms. The standard InChI is InChI=1S/C22H28N2O7S/c1-30-22(27)20(25)18(13-16-9-5-3-6-10-16)23-21(26)19(24-32(2,28)29)15-31-14-17-11-7-4-8-12-17/h3-12,18-20,24-25H,13-15H2,1-2H3,(H,23,26)/t18-,19?,20?/m0/s1. The third-order valence-corrected chi connectivity index (χ3v) is 5.23. The van der Waals surface area contributed by atoms with Crippen molar-refractivity contribution in [1.29, 1.82) is 0 Å². The lowest BCUT2D eigenvalue weighted by Gasteiger charge is -2.25. The van der Waals surface area contributed by atoms with Crippen molar-refractivity contribution in [2.24, 2.45) is 0 Å². The van der Waals surface area contributed by atoms with E-state index < -0.39 is 40.1 Å². The quantitative estimate of drug-likeness (QED) is 0.387. The number of aliphatic hydroxyl groups is 1. The number of esters is 1. The second-order valence-corrected chi connectivity index (χ2v) is 9.00. The third-order valence-electron chi connectivity index (χ3n) is 4.52. The van der Waals surface area contributed by atoms with Crippen molar-refractivity contribution in [2.45, 2.75) is 31.2 Å². The van der Waals surface area contributed by atoms with E-state index in [9.17, 15) is 23.1 Å². The minimum Gasteiger partial charge on any atom is -0.467 e. The number of hydrogen-bond acceptors (Lipinski definition) is 7. The van der Waals surface area contributed by atoms with Crippen LogP contribution in [0.25, 0.3) is 0 Å². The molecule has 0 aromatic heterocycles. The molecule has 0 radical (unpaired) electrons. The number of benzene rings is 2. The lowest BCUT2D eigenvalue weighted by Crippen LogP contribution is -2.56. The number of rotatable bonds is 12. The summed E-state index contributed by atoms with van der Waals surface area (Å²) in [5.41, 5.74) is 1.61. The van der Waals surface area contributed by atoms with Crippen molar-refractivity contribution in [3.8, 4) is 0 Å². The molecule has 1 amide bonds. The maximum absolute atomic E-state index is 12.9. The summed E-state index contributed by atoms with van der Waals surface area (Å²) in [5, 5.41) is 12.9. The first-order valence-electron chi connectivity index (χ1n) is 9.88. The summed E-state index contributed by atoms with van der Waals surface area (Å²) in [6.45, 7) is -0.0749. The van der Waals surface area contributed by atoms with Crippen LogP contribution in [0.15, 0.2) is 60.7 Å². The van der Waals surface area contributed by atoms with Crippen LogP contribution in [0.4, 0.5) is 0 Å². The molecule has 0 aliphatic heterocycles. The highest BCUT2D eigenvalue weighted by Crippen LogP contribution is 2.09. The smallest absolute Gasteiger partial charge is 0.336 e. The molecule has 0 saturated carbocycles. The van der Waals surface area contributed by atoms with Crippen LogP contribution < -0.4 is 10.0 Å². The van der Waals surface area contributed by atoms with Gasteiger partial charge < -0.3 is 19.9 Å². The summed E-state index contributed by atoms with van der Waals surface area (Å²) >= 11 is 0. The van der Waals surface area contributed by atoms with E-state index in [2.05, 4.69) is 14.8 Å². The highest BCUT2D eigenvalue weighted by Gasteiger charge is 2.32. The summed E-state index contributed by atoms with van der Waals surface area (Å²) < 4.78 is 35.9. The van der Waals surface area contributed by atoms with Crippen molar-refractivity contribution >= 4 is 21.9 Å². The number of aliphatic hydroxyl groups excluding tert-OH is 1. The van der Waals surface area contributed by atoms with Gasteiger partial charge in [0, 0.05) is 0 Å². The van der Waals surface area contributed by atoms with E-state index in [1.54, 1.807) is 24.3 Å². The molecule has 2 aromatic rings. The zero-order valence-electron chi connectivity index (χ0n) is 17.9. The van der Waals surface area contributed by atoms with Gasteiger partial charge in [-0.15, -0.1) is 0 Å². The Balaban J connectivity index is 2.12. The number of ether oxygens (including phenoxy) is 2. The van der Waals surface area contributed by atoms with Crippen molar-refractivity contribution in [2.75, 3.05) is 20.0 Å². The molecule has 3 atom stereocenters. The van der Waals surface area contributed by atoms with Gasteiger partial charge in [-0.05, 0) is 17.5 Å².